The summed E-state index contributed by atoms with van der Waals surface area (Å²) in [6.45, 7) is 12.1. The highest BCUT2D eigenvalue weighted by Crippen LogP contribution is 2.30. The molecule has 0 aromatic carbocycles. The van der Waals surface area contributed by atoms with Gasteiger partial charge in [0, 0.05) is 0 Å². The molecule has 0 heteroatoms. The van der Waals surface area contributed by atoms with Crippen molar-refractivity contribution in [2.45, 2.75) is 20.3 Å². The largest absolute Gasteiger partial charge is 0.0985 e. The van der Waals surface area contributed by atoms with Crippen LogP contribution in [0, 0.1) is 11.8 Å². The van der Waals surface area contributed by atoms with E-state index in [0.717, 1.165) is 0 Å². The van der Waals surface area contributed by atoms with Gasteiger partial charge < -0.3 is 0 Å². The Labute approximate surface area is 81.4 Å². The summed E-state index contributed by atoms with van der Waals surface area (Å²) >= 11 is 0. The first-order valence-electron chi connectivity index (χ1n) is 4.91. The van der Waals surface area contributed by atoms with Crippen LogP contribution >= 0.6 is 0 Å². The summed E-state index contributed by atoms with van der Waals surface area (Å²) in [7, 11) is 0. The Hall–Kier alpha value is -1.04. The molecule has 0 nitrogen and oxygen atoms in total. The third-order valence-corrected chi connectivity index (χ3v) is 2.76. The maximum atomic E-state index is 3.82. The van der Waals surface area contributed by atoms with E-state index >= 15 is 0 Å². The Morgan fingerprint density at radius 2 is 1.77 bits per heavy atom. The molecule has 0 N–H and O–H groups in total. The van der Waals surface area contributed by atoms with Gasteiger partial charge in [0.15, 0.2) is 0 Å². The normalized spacial score (nSPS) is 27.5. The van der Waals surface area contributed by atoms with Gasteiger partial charge in [0.2, 0.25) is 0 Å². The fourth-order valence-corrected chi connectivity index (χ4v) is 1.84. The standard InChI is InChI=1S/C13H18/c1-5-11-9-13(7-3)12(6-2)8-10(11)4/h6-11H,2-3,5H2,1,4H3. The van der Waals surface area contributed by atoms with Gasteiger partial charge in [0.25, 0.3) is 0 Å². The summed E-state index contributed by atoms with van der Waals surface area (Å²) in [4.78, 5) is 0. The highest BCUT2D eigenvalue weighted by Gasteiger charge is 2.17. The van der Waals surface area contributed by atoms with Gasteiger partial charge in [0.1, 0.15) is 0 Å². The van der Waals surface area contributed by atoms with Gasteiger partial charge in [-0.2, -0.15) is 0 Å². The minimum absolute atomic E-state index is 0.627. The molecular formula is C13H18. The Balaban J connectivity index is 2.97. The molecule has 0 fully saturated rings. The van der Waals surface area contributed by atoms with Gasteiger partial charge >= 0.3 is 0 Å². The maximum Gasteiger partial charge on any atom is -0.0166 e. The molecule has 1 aliphatic rings. The molecule has 0 amide bonds. The van der Waals surface area contributed by atoms with E-state index < -0.39 is 0 Å². The summed E-state index contributed by atoms with van der Waals surface area (Å²) in [5.74, 6) is 1.29. The Morgan fingerprint density at radius 1 is 1.23 bits per heavy atom. The first-order chi connectivity index (χ1) is 6.22. The van der Waals surface area contributed by atoms with E-state index in [4.69, 9.17) is 0 Å². The van der Waals surface area contributed by atoms with Gasteiger partial charge in [-0.1, -0.05) is 51.3 Å². The van der Waals surface area contributed by atoms with Gasteiger partial charge in [-0.05, 0) is 29.4 Å². The van der Waals surface area contributed by atoms with E-state index in [-0.39, 0.29) is 0 Å². The Bertz CT molecular complexity index is 266. The SMILES string of the molecule is C=CC1=CC(C)C(CC)C=C1C=C. The van der Waals surface area contributed by atoms with Gasteiger partial charge in [0.05, 0.1) is 0 Å². The van der Waals surface area contributed by atoms with Crippen LogP contribution in [0.25, 0.3) is 0 Å². The summed E-state index contributed by atoms with van der Waals surface area (Å²) in [5, 5.41) is 0. The molecule has 13 heavy (non-hydrogen) atoms. The van der Waals surface area contributed by atoms with E-state index in [2.05, 4.69) is 39.2 Å². The fraction of sp³-hybridized carbons (Fsp3) is 0.385. The summed E-state index contributed by atoms with van der Waals surface area (Å²) in [5.41, 5.74) is 2.46. The minimum Gasteiger partial charge on any atom is -0.0985 e. The van der Waals surface area contributed by atoms with Crippen molar-refractivity contribution >= 4 is 0 Å². The van der Waals surface area contributed by atoms with Crippen molar-refractivity contribution in [2.75, 3.05) is 0 Å². The predicted octanol–water partition coefficient (Wildman–Crippen LogP) is 3.89. The maximum absolute atomic E-state index is 3.82. The topological polar surface area (TPSA) is 0 Å². The molecular weight excluding hydrogens is 156 g/mol. The smallest absolute Gasteiger partial charge is 0.0166 e. The minimum atomic E-state index is 0.627. The number of allylic oxidation sites excluding steroid dienone is 6. The van der Waals surface area contributed by atoms with Crippen molar-refractivity contribution in [3.05, 3.63) is 48.6 Å². The van der Waals surface area contributed by atoms with Crippen molar-refractivity contribution in [1.82, 2.24) is 0 Å². The van der Waals surface area contributed by atoms with Crippen LogP contribution in [0.2, 0.25) is 0 Å². The molecule has 1 aliphatic carbocycles. The van der Waals surface area contributed by atoms with Gasteiger partial charge in [-0.15, -0.1) is 0 Å². The van der Waals surface area contributed by atoms with E-state index in [1.165, 1.54) is 17.6 Å². The fourth-order valence-electron chi connectivity index (χ4n) is 1.84. The average molecular weight is 174 g/mol. The first-order valence-corrected chi connectivity index (χ1v) is 4.91. The van der Waals surface area contributed by atoms with Gasteiger partial charge in [-0.3, -0.25) is 0 Å². The summed E-state index contributed by atoms with van der Waals surface area (Å²) in [6.07, 6.45) is 9.63. The van der Waals surface area contributed by atoms with Crippen LogP contribution in [-0.4, -0.2) is 0 Å². The predicted molar refractivity (Wildman–Crippen MR) is 59.5 cm³/mol. The molecule has 0 spiro atoms. The van der Waals surface area contributed by atoms with Crippen LogP contribution < -0.4 is 0 Å². The van der Waals surface area contributed by atoms with Crippen LogP contribution in [0.3, 0.4) is 0 Å². The van der Waals surface area contributed by atoms with E-state index in [1.54, 1.807) is 0 Å². The van der Waals surface area contributed by atoms with Crippen molar-refractivity contribution in [3.8, 4) is 0 Å². The second-order valence-electron chi connectivity index (χ2n) is 3.58. The van der Waals surface area contributed by atoms with Crippen molar-refractivity contribution in [3.63, 3.8) is 0 Å². The quantitative estimate of drug-likeness (QED) is 0.609. The summed E-state index contributed by atoms with van der Waals surface area (Å²) < 4.78 is 0. The van der Waals surface area contributed by atoms with Crippen molar-refractivity contribution < 1.29 is 0 Å². The van der Waals surface area contributed by atoms with Crippen molar-refractivity contribution in [2.24, 2.45) is 11.8 Å². The molecule has 0 saturated heterocycles. The molecule has 0 aromatic heterocycles. The zero-order chi connectivity index (χ0) is 9.84. The zero-order valence-corrected chi connectivity index (χ0v) is 8.59. The molecule has 0 bridgehead atoms. The van der Waals surface area contributed by atoms with Crippen LogP contribution in [-0.2, 0) is 0 Å². The van der Waals surface area contributed by atoms with E-state index in [9.17, 15) is 0 Å². The highest BCUT2D eigenvalue weighted by molar-refractivity contribution is 5.47. The Morgan fingerprint density at radius 3 is 2.23 bits per heavy atom. The molecule has 0 radical (unpaired) electrons. The summed E-state index contributed by atoms with van der Waals surface area (Å²) in [6, 6.07) is 0. The lowest BCUT2D eigenvalue weighted by Gasteiger charge is -2.23. The molecule has 2 atom stereocenters. The molecule has 0 heterocycles. The molecule has 1 rings (SSSR count). The molecule has 70 valence electrons. The van der Waals surface area contributed by atoms with Crippen LogP contribution in [0.4, 0.5) is 0 Å². The van der Waals surface area contributed by atoms with Crippen molar-refractivity contribution in [1.29, 1.82) is 0 Å². The second kappa shape index (κ2) is 4.27. The lowest BCUT2D eigenvalue weighted by Crippen LogP contribution is -2.11. The van der Waals surface area contributed by atoms with Crippen LogP contribution in [0.15, 0.2) is 48.6 Å². The molecule has 2 unspecified atom stereocenters. The third kappa shape index (κ3) is 2.00. The Kier molecular flexibility index (Phi) is 3.30. The van der Waals surface area contributed by atoms with E-state index in [1.807, 2.05) is 12.2 Å². The molecule has 0 saturated carbocycles. The molecule has 0 aliphatic heterocycles. The third-order valence-electron chi connectivity index (χ3n) is 2.76. The lowest BCUT2D eigenvalue weighted by molar-refractivity contribution is 0.488. The van der Waals surface area contributed by atoms with Crippen LogP contribution in [0.1, 0.15) is 20.3 Å². The number of rotatable bonds is 3. The molecule has 0 aromatic rings. The van der Waals surface area contributed by atoms with Crippen LogP contribution in [0.5, 0.6) is 0 Å². The van der Waals surface area contributed by atoms with E-state index in [0.29, 0.717) is 11.8 Å². The average Bonchev–Trinajstić information content (AvgIpc) is 2.17. The lowest BCUT2D eigenvalue weighted by atomic mass is 9.82. The number of hydrogen-bond acceptors (Lipinski definition) is 0. The van der Waals surface area contributed by atoms with Gasteiger partial charge in [-0.25, -0.2) is 0 Å². The number of hydrogen-bond donors (Lipinski definition) is 0. The highest BCUT2D eigenvalue weighted by atomic mass is 14.2. The first kappa shape index (κ1) is 10.0. The second-order valence-corrected chi connectivity index (χ2v) is 3.58. The monoisotopic (exact) mass is 174 g/mol. The zero-order valence-electron chi connectivity index (χ0n) is 8.59.